The molecule has 2 aromatic rings. The predicted molar refractivity (Wildman–Crippen MR) is 93.2 cm³/mol. The van der Waals surface area contributed by atoms with E-state index >= 15 is 0 Å². The summed E-state index contributed by atoms with van der Waals surface area (Å²) in [7, 11) is 0. The number of hydrogen-bond acceptors (Lipinski definition) is 3. The van der Waals surface area contributed by atoms with Crippen LogP contribution in [-0.4, -0.2) is 27.3 Å². The Labute approximate surface area is 146 Å². The van der Waals surface area contributed by atoms with E-state index in [2.05, 4.69) is 23.4 Å². The second-order valence-corrected chi connectivity index (χ2v) is 7.23. The molecule has 128 valence electrons. The van der Waals surface area contributed by atoms with Crippen molar-refractivity contribution in [3.8, 4) is 5.75 Å². The molecule has 0 spiro atoms. The Bertz CT molecular complexity index is 766. The molecule has 1 amide bonds. The molecule has 2 N–H and O–H groups in total. The van der Waals surface area contributed by atoms with Crippen LogP contribution in [0, 0.1) is 19.3 Å². The van der Waals surface area contributed by atoms with E-state index < -0.39 is 0 Å². The molecular formula is C18H22ClN3O2. The number of hydrogen-bond donors (Lipinski definition) is 2. The first kappa shape index (κ1) is 16.8. The molecule has 24 heavy (non-hydrogen) atoms. The van der Waals surface area contributed by atoms with Crippen LogP contribution in [0.1, 0.15) is 29.8 Å². The van der Waals surface area contributed by atoms with E-state index in [0.717, 1.165) is 36.3 Å². The van der Waals surface area contributed by atoms with Gasteiger partial charge in [-0.05, 0) is 50.5 Å². The van der Waals surface area contributed by atoms with Crippen molar-refractivity contribution < 1.29 is 9.90 Å². The Hall–Kier alpha value is -2.01. The number of carbonyl (C=O) groups is 1. The largest absolute Gasteiger partial charge is 0.506 e. The summed E-state index contributed by atoms with van der Waals surface area (Å²) >= 11 is 5.87. The highest BCUT2D eigenvalue weighted by atomic mass is 35.5. The van der Waals surface area contributed by atoms with Gasteiger partial charge in [-0.1, -0.05) is 17.7 Å². The van der Waals surface area contributed by atoms with Gasteiger partial charge in [0.25, 0.3) is 0 Å². The topological polar surface area (TPSA) is 67.2 Å². The number of halogens is 1. The van der Waals surface area contributed by atoms with Crippen LogP contribution >= 0.6 is 11.6 Å². The molecule has 1 heterocycles. The molecular weight excluding hydrogens is 326 g/mol. The molecule has 0 radical (unpaired) electrons. The van der Waals surface area contributed by atoms with E-state index in [4.69, 9.17) is 11.6 Å². The van der Waals surface area contributed by atoms with E-state index in [1.165, 1.54) is 6.07 Å². The third-order valence-electron chi connectivity index (χ3n) is 4.58. The third kappa shape index (κ3) is 3.90. The molecule has 3 rings (SSSR count). The molecule has 1 fully saturated rings. The predicted octanol–water partition coefficient (Wildman–Crippen LogP) is 3.00. The molecule has 1 saturated carbocycles. The second-order valence-electron chi connectivity index (χ2n) is 6.82. The summed E-state index contributed by atoms with van der Waals surface area (Å²) in [5.41, 5.74) is 3.10. The van der Waals surface area contributed by atoms with Crippen LogP contribution in [0.5, 0.6) is 5.75 Å². The van der Waals surface area contributed by atoms with Crippen LogP contribution in [0.2, 0.25) is 5.02 Å². The minimum atomic E-state index is -0.0311. The van der Waals surface area contributed by atoms with Gasteiger partial charge in [0, 0.05) is 24.2 Å². The van der Waals surface area contributed by atoms with Crippen molar-refractivity contribution in [1.29, 1.82) is 0 Å². The van der Waals surface area contributed by atoms with E-state index in [1.54, 1.807) is 12.1 Å². The van der Waals surface area contributed by atoms with Crippen LogP contribution in [0.4, 0.5) is 0 Å². The van der Waals surface area contributed by atoms with Gasteiger partial charge in [-0.25, -0.2) is 0 Å². The maximum absolute atomic E-state index is 12.2. The van der Waals surface area contributed by atoms with Crippen molar-refractivity contribution in [2.75, 3.05) is 6.54 Å². The van der Waals surface area contributed by atoms with Crippen LogP contribution in [0.25, 0.3) is 0 Å². The lowest BCUT2D eigenvalue weighted by atomic mass is 10.1. The highest BCUT2D eigenvalue weighted by Crippen LogP contribution is 2.46. The van der Waals surface area contributed by atoms with E-state index in [9.17, 15) is 9.90 Å². The molecule has 0 aliphatic heterocycles. The lowest BCUT2D eigenvalue weighted by molar-refractivity contribution is -0.120. The van der Waals surface area contributed by atoms with Crippen molar-refractivity contribution in [2.24, 2.45) is 5.41 Å². The molecule has 0 saturated heterocycles. The Morgan fingerprint density at radius 1 is 1.38 bits per heavy atom. The average molecular weight is 348 g/mol. The van der Waals surface area contributed by atoms with Gasteiger partial charge >= 0.3 is 0 Å². The lowest BCUT2D eigenvalue weighted by Crippen LogP contribution is -2.33. The average Bonchev–Trinajstić information content (AvgIpc) is 3.21. The fourth-order valence-electron chi connectivity index (χ4n) is 2.91. The van der Waals surface area contributed by atoms with Crippen molar-refractivity contribution >= 4 is 17.5 Å². The fourth-order valence-corrected chi connectivity index (χ4v) is 3.12. The van der Waals surface area contributed by atoms with E-state index in [-0.39, 0.29) is 28.5 Å². The first-order chi connectivity index (χ1) is 11.4. The number of aryl methyl sites for hydroxylation is 2. The third-order valence-corrected chi connectivity index (χ3v) is 4.89. The molecule has 0 unspecified atom stereocenters. The maximum Gasteiger partial charge on any atom is 0.224 e. The maximum atomic E-state index is 12.2. The number of carbonyl (C=O) groups excluding carboxylic acids is 1. The summed E-state index contributed by atoms with van der Waals surface area (Å²) in [5, 5.41) is 17.2. The first-order valence-corrected chi connectivity index (χ1v) is 8.50. The number of phenols is 1. The van der Waals surface area contributed by atoms with Crippen LogP contribution in [0.3, 0.4) is 0 Å². The zero-order valence-corrected chi connectivity index (χ0v) is 14.7. The molecule has 1 aromatic heterocycles. The SMILES string of the molecule is Cc1cc(C)n(CC2(CNC(=O)Cc3ccc(O)c(Cl)c3)CC2)n1. The van der Waals surface area contributed by atoms with Crippen molar-refractivity contribution in [3.05, 3.63) is 46.2 Å². The summed E-state index contributed by atoms with van der Waals surface area (Å²) in [6.45, 7) is 5.56. The van der Waals surface area contributed by atoms with Gasteiger partial charge in [0.2, 0.25) is 5.91 Å². The Morgan fingerprint density at radius 2 is 2.12 bits per heavy atom. The normalized spacial score (nSPS) is 15.3. The van der Waals surface area contributed by atoms with Crippen molar-refractivity contribution in [2.45, 2.75) is 39.7 Å². The molecule has 5 nitrogen and oxygen atoms in total. The highest BCUT2D eigenvalue weighted by molar-refractivity contribution is 6.32. The number of phenolic OH excluding ortho intramolecular Hbond substituents is 1. The van der Waals surface area contributed by atoms with Gasteiger partial charge < -0.3 is 10.4 Å². The molecule has 0 atom stereocenters. The number of amides is 1. The Balaban J connectivity index is 1.54. The highest BCUT2D eigenvalue weighted by Gasteiger charge is 2.43. The molecule has 1 aliphatic rings. The molecule has 6 heteroatoms. The Morgan fingerprint density at radius 3 is 2.71 bits per heavy atom. The van der Waals surface area contributed by atoms with Crippen LogP contribution in [-0.2, 0) is 17.8 Å². The van der Waals surface area contributed by atoms with Gasteiger partial charge in [0.15, 0.2) is 0 Å². The van der Waals surface area contributed by atoms with Gasteiger partial charge in [-0.2, -0.15) is 5.10 Å². The van der Waals surface area contributed by atoms with Crippen molar-refractivity contribution in [3.63, 3.8) is 0 Å². The summed E-state index contributed by atoms with van der Waals surface area (Å²) in [6.07, 6.45) is 2.48. The summed E-state index contributed by atoms with van der Waals surface area (Å²) < 4.78 is 2.04. The summed E-state index contributed by atoms with van der Waals surface area (Å²) in [4.78, 5) is 12.2. The van der Waals surface area contributed by atoms with E-state index in [1.807, 2.05) is 11.6 Å². The second kappa shape index (κ2) is 6.48. The van der Waals surface area contributed by atoms with Gasteiger partial charge in [-0.15, -0.1) is 0 Å². The summed E-state index contributed by atoms with van der Waals surface area (Å²) in [5.74, 6) is -0.000886. The standard InChI is InChI=1S/C18H22ClN3O2/c1-12-7-13(2)22(21-12)11-18(5-6-18)10-20-17(24)9-14-3-4-16(23)15(19)8-14/h3-4,7-8,23H,5-6,9-11H2,1-2H3,(H,20,24). The molecule has 1 aromatic carbocycles. The molecule has 0 bridgehead atoms. The van der Waals surface area contributed by atoms with Crippen molar-refractivity contribution in [1.82, 2.24) is 15.1 Å². The first-order valence-electron chi connectivity index (χ1n) is 8.12. The summed E-state index contributed by atoms with van der Waals surface area (Å²) in [6, 6.07) is 6.92. The van der Waals surface area contributed by atoms with Gasteiger partial charge in [-0.3, -0.25) is 9.48 Å². The number of aromatic hydroxyl groups is 1. The zero-order valence-electron chi connectivity index (χ0n) is 14.0. The van der Waals surface area contributed by atoms with E-state index in [0.29, 0.717) is 6.54 Å². The number of benzene rings is 1. The zero-order chi connectivity index (χ0) is 17.3. The lowest BCUT2D eigenvalue weighted by Gasteiger charge is -2.17. The van der Waals surface area contributed by atoms with Crippen LogP contribution < -0.4 is 5.32 Å². The van der Waals surface area contributed by atoms with Crippen LogP contribution in [0.15, 0.2) is 24.3 Å². The quantitative estimate of drug-likeness (QED) is 0.844. The number of nitrogens with zero attached hydrogens (tertiary/aromatic N) is 2. The Kier molecular flexibility index (Phi) is 4.54. The molecule has 1 aliphatic carbocycles. The fraction of sp³-hybridized carbons (Fsp3) is 0.444. The van der Waals surface area contributed by atoms with Gasteiger partial charge in [0.05, 0.1) is 17.1 Å². The monoisotopic (exact) mass is 347 g/mol. The smallest absolute Gasteiger partial charge is 0.224 e. The number of rotatable bonds is 6. The number of nitrogens with one attached hydrogen (secondary N) is 1. The minimum absolute atomic E-state index is 0.0302. The van der Waals surface area contributed by atoms with Gasteiger partial charge in [0.1, 0.15) is 5.75 Å². The number of aromatic nitrogens is 2. The minimum Gasteiger partial charge on any atom is -0.506 e.